The van der Waals surface area contributed by atoms with Crippen molar-refractivity contribution in [3.63, 3.8) is 0 Å². The highest BCUT2D eigenvalue weighted by Crippen LogP contribution is 2.30. The first-order valence-corrected chi connectivity index (χ1v) is 6.72. The third-order valence-corrected chi connectivity index (χ3v) is 2.71. The molecule has 128 valence electrons. The molecule has 0 saturated carbocycles. The number of halogens is 3. The van der Waals surface area contributed by atoms with E-state index in [4.69, 9.17) is 10.5 Å². The molecule has 0 saturated heterocycles. The number of rotatable bonds is 8. The van der Waals surface area contributed by atoms with Gasteiger partial charge in [-0.2, -0.15) is 13.2 Å². The number of ether oxygens (including phenoxy) is 1. The van der Waals surface area contributed by atoms with Gasteiger partial charge in [0.15, 0.2) is 0 Å². The van der Waals surface area contributed by atoms with Crippen LogP contribution in [0.4, 0.5) is 13.2 Å². The van der Waals surface area contributed by atoms with E-state index in [1.807, 2.05) is 0 Å². The van der Waals surface area contributed by atoms with Crippen LogP contribution in [0.1, 0.15) is 5.56 Å². The van der Waals surface area contributed by atoms with Crippen LogP contribution in [0.25, 0.3) is 0 Å². The maximum Gasteiger partial charge on any atom is 0.416 e. The van der Waals surface area contributed by atoms with Gasteiger partial charge in [-0.15, -0.1) is 0 Å². The number of likely N-dealkylation sites (N-methyl/N-ethyl adjacent to an activating group) is 1. The van der Waals surface area contributed by atoms with E-state index < -0.39 is 17.6 Å². The van der Waals surface area contributed by atoms with E-state index in [9.17, 15) is 22.8 Å². The summed E-state index contributed by atoms with van der Waals surface area (Å²) < 4.78 is 42.4. The summed E-state index contributed by atoms with van der Waals surface area (Å²) >= 11 is 0. The maximum atomic E-state index is 12.4. The number of primary amides is 1. The number of amides is 2. The highest BCUT2D eigenvalue weighted by Gasteiger charge is 2.29. The van der Waals surface area contributed by atoms with Crippen LogP contribution in [0, 0.1) is 0 Å². The summed E-state index contributed by atoms with van der Waals surface area (Å²) in [5, 5.41) is 2.55. The molecule has 9 heteroatoms. The van der Waals surface area contributed by atoms with Crippen molar-refractivity contribution in [3.05, 3.63) is 29.8 Å². The van der Waals surface area contributed by atoms with Gasteiger partial charge in [0.1, 0.15) is 12.4 Å². The van der Waals surface area contributed by atoms with Crippen molar-refractivity contribution in [2.45, 2.75) is 6.18 Å². The molecule has 3 N–H and O–H groups in total. The molecule has 0 spiro atoms. The summed E-state index contributed by atoms with van der Waals surface area (Å²) in [5.74, 6) is -0.575. The quantitative estimate of drug-likeness (QED) is 0.683. The van der Waals surface area contributed by atoms with Crippen molar-refractivity contribution in [1.29, 1.82) is 0 Å². The molecule has 6 nitrogen and oxygen atoms in total. The average Bonchev–Trinajstić information content (AvgIpc) is 2.42. The second-order valence-electron chi connectivity index (χ2n) is 4.86. The van der Waals surface area contributed by atoms with Crippen LogP contribution in [0.15, 0.2) is 24.3 Å². The van der Waals surface area contributed by atoms with Gasteiger partial charge in [0.05, 0.1) is 25.2 Å². The first-order chi connectivity index (χ1) is 10.7. The maximum absolute atomic E-state index is 12.4. The number of carbonyl (C=O) groups excluding carboxylic acids is 2. The number of benzene rings is 1. The summed E-state index contributed by atoms with van der Waals surface area (Å²) in [5.41, 5.74) is 4.24. The SMILES string of the molecule is CN(CC(N)=O)CC(=O)NCCOc1ccc(C(F)(F)F)cc1. The van der Waals surface area contributed by atoms with Crippen molar-refractivity contribution in [3.8, 4) is 5.75 Å². The van der Waals surface area contributed by atoms with Gasteiger partial charge in [0, 0.05) is 0 Å². The molecule has 0 fully saturated rings. The van der Waals surface area contributed by atoms with Crippen LogP contribution in [-0.2, 0) is 15.8 Å². The smallest absolute Gasteiger partial charge is 0.416 e. The Bertz CT molecular complexity index is 532. The van der Waals surface area contributed by atoms with E-state index in [-0.39, 0.29) is 37.9 Å². The minimum atomic E-state index is -4.39. The fraction of sp³-hybridized carbons (Fsp3) is 0.429. The zero-order chi connectivity index (χ0) is 17.5. The Kier molecular flexibility index (Phi) is 6.83. The molecule has 0 radical (unpaired) electrons. The highest BCUT2D eigenvalue weighted by molar-refractivity contribution is 5.80. The largest absolute Gasteiger partial charge is 0.492 e. The molecule has 0 aromatic heterocycles. The molecular formula is C14H18F3N3O3. The van der Waals surface area contributed by atoms with E-state index in [1.165, 1.54) is 17.0 Å². The summed E-state index contributed by atoms with van der Waals surface area (Å²) in [6.07, 6.45) is -4.39. The molecule has 0 aliphatic heterocycles. The van der Waals surface area contributed by atoms with Gasteiger partial charge in [-0.25, -0.2) is 0 Å². The fourth-order valence-electron chi connectivity index (χ4n) is 1.72. The molecule has 0 unspecified atom stereocenters. The topological polar surface area (TPSA) is 84.7 Å². The normalized spacial score (nSPS) is 11.3. The Morgan fingerprint density at radius 3 is 2.35 bits per heavy atom. The predicted octanol–water partition coefficient (Wildman–Crippen LogP) is 0.618. The number of hydrogen-bond acceptors (Lipinski definition) is 4. The molecule has 1 rings (SSSR count). The summed E-state index contributed by atoms with van der Waals surface area (Å²) in [6, 6.07) is 4.27. The van der Waals surface area contributed by atoms with Gasteiger partial charge in [-0.1, -0.05) is 0 Å². The number of carbonyl (C=O) groups is 2. The zero-order valence-electron chi connectivity index (χ0n) is 12.5. The van der Waals surface area contributed by atoms with Gasteiger partial charge in [-0.3, -0.25) is 14.5 Å². The van der Waals surface area contributed by atoms with E-state index in [0.717, 1.165) is 12.1 Å². The van der Waals surface area contributed by atoms with Gasteiger partial charge in [0.25, 0.3) is 0 Å². The minimum absolute atomic E-state index is 0.00319. The molecule has 0 atom stereocenters. The van der Waals surface area contributed by atoms with Crippen molar-refractivity contribution < 1.29 is 27.5 Å². The number of nitrogens with one attached hydrogen (secondary N) is 1. The van der Waals surface area contributed by atoms with E-state index in [2.05, 4.69) is 5.32 Å². The average molecular weight is 333 g/mol. The molecule has 0 heterocycles. The number of hydrogen-bond donors (Lipinski definition) is 2. The highest BCUT2D eigenvalue weighted by atomic mass is 19.4. The molecule has 0 bridgehead atoms. The second-order valence-corrected chi connectivity index (χ2v) is 4.86. The van der Waals surface area contributed by atoms with Crippen molar-refractivity contribution in [2.75, 3.05) is 33.3 Å². The standard InChI is InChI=1S/C14H18F3N3O3/c1-20(8-12(18)21)9-13(22)19-6-7-23-11-4-2-10(3-5-11)14(15,16)17/h2-5H,6-9H2,1H3,(H2,18,21)(H,19,22). The molecule has 2 amide bonds. The molecule has 0 aliphatic carbocycles. The van der Waals surface area contributed by atoms with Crippen LogP contribution in [0.2, 0.25) is 0 Å². The Labute approximate surface area is 131 Å². The lowest BCUT2D eigenvalue weighted by Gasteiger charge is -2.14. The third kappa shape index (κ3) is 7.50. The second kappa shape index (κ2) is 8.37. The summed E-state index contributed by atoms with van der Waals surface area (Å²) in [7, 11) is 1.57. The number of alkyl halides is 3. The van der Waals surface area contributed by atoms with Gasteiger partial charge in [-0.05, 0) is 31.3 Å². The number of nitrogens with two attached hydrogens (primary N) is 1. The Hall–Kier alpha value is -2.29. The molecular weight excluding hydrogens is 315 g/mol. The first-order valence-electron chi connectivity index (χ1n) is 6.72. The van der Waals surface area contributed by atoms with Crippen molar-refractivity contribution in [2.24, 2.45) is 5.73 Å². The van der Waals surface area contributed by atoms with Gasteiger partial charge in [0.2, 0.25) is 11.8 Å². The zero-order valence-corrected chi connectivity index (χ0v) is 12.5. The number of nitrogens with zero attached hydrogens (tertiary/aromatic N) is 1. The molecule has 1 aromatic rings. The molecule has 23 heavy (non-hydrogen) atoms. The lowest BCUT2D eigenvalue weighted by atomic mass is 10.2. The summed E-state index contributed by atoms with van der Waals surface area (Å²) in [6.45, 7) is 0.263. The van der Waals surface area contributed by atoms with Crippen LogP contribution < -0.4 is 15.8 Å². The third-order valence-electron chi connectivity index (χ3n) is 2.71. The summed E-state index contributed by atoms with van der Waals surface area (Å²) in [4.78, 5) is 23.6. The van der Waals surface area contributed by atoms with Crippen LogP contribution in [0.3, 0.4) is 0 Å². The van der Waals surface area contributed by atoms with E-state index >= 15 is 0 Å². The van der Waals surface area contributed by atoms with Crippen molar-refractivity contribution in [1.82, 2.24) is 10.2 Å². The van der Waals surface area contributed by atoms with Crippen LogP contribution >= 0.6 is 0 Å². The molecule has 1 aromatic carbocycles. The Balaban J connectivity index is 2.27. The lowest BCUT2D eigenvalue weighted by molar-refractivity contribution is -0.137. The Morgan fingerprint density at radius 1 is 1.22 bits per heavy atom. The van der Waals surface area contributed by atoms with Gasteiger partial charge < -0.3 is 15.8 Å². The fourth-order valence-corrected chi connectivity index (χ4v) is 1.72. The molecule has 0 aliphatic rings. The van der Waals surface area contributed by atoms with Crippen LogP contribution in [0.5, 0.6) is 5.75 Å². The van der Waals surface area contributed by atoms with Gasteiger partial charge >= 0.3 is 6.18 Å². The predicted molar refractivity (Wildman–Crippen MR) is 76.6 cm³/mol. The van der Waals surface area contributed by atoms with Crippen LogP contribution in [-0.4, -0.2) is 50.0 Å². The van der Waals surface area contributed by atoms with Crippen molar-refractivity contribution >= 4 is 11.8 Å². The van der Waals surface area contributed by atoms with E-state index in [0.29, 0.717) is 0 Å². The lowest BCUT2D eigenvalue weighted by Crippen LogP contribution is -2.40. The minimum Gasteiger partial charge on any atom is -0.492 e. The van der Waals surface area contributed by atoms with E-state index in [1.54, 1.807) is 7.05 Å². The Morgan fingerprint density at radius 2 is 1.83 bits per heavy atom. The monoisotopic (exact) mass is 333 g/mol. The first kappa shape index (κ1) is 18.8.